The molecule has 0 aliphatic carbocycles. The van der Waals surface area contributed by atoms with E-state index >= 15 is 0 Å². The van der Waals surface area contributed by atoms with Gasteiger partial charge in [-0.25, -0.2) is 0 Å². The molecule has 1 aliphatic heterocycles. The highest BCUT2D eigenvalue weighted by Gasteiger charge is 2.22. The van der Waals surface area contributed by atoms with Crippen LogP contribution in [0.4, 0.5) is 0 Å². The van der Waals surface area contributed by atoms with Gasteiger partial charge in [-0.1, -0.05) is 13.8 Å². The van der Waals surface area contributed by atoms with E-state index in [9.17, 15) is 0 Å². The van der Waals surface area contributed by atoms with Crippen LogP contribution in [0, 0.1) is 11.8 Å². The summed E-state index contributed by atoms with van der Waals surface area (Å²) in [5.74, 6) is 2.41. The van der Waals surface area contributed by atoms with Gasteiger partial charge in [-0.15, -0.1) is 0 Å². The normalized spacial score (nSPS) is 20.6. The molecule has 0 aromatic rings. The highest BCUT2D eigenvalue weighted by molar-refractivity contribution is 5.78. The Balaban J connectivity index is 2.39. The molecule has 3 nitrogen and oxygen atoms in total. The van der Waals surface area contributed by atoms with Crippen molar-refractivity contribution in [2.45, 2.75) is 33.6 Å². The number of rotatable bonds is 2. The van der Waals surface area contributed by atoms with Crippen molar-refractivity contribution >= 4 is 5.96 Å². The summed E-state index contributed by atoms with van der Waals surface area (Å²) in [6, 6.07) is 0. The molecule has 0 amide bonds. The molecule has 1 saturated heterocycles. The molecule has 0 aromatic carbocycles. The van der Waals surface area contributed by atoms with Crippen molar-refractivity contribution in [1.82, 2.24) is 4.90 Å². The van der Waals surface area contributed by atoms with Crippen LogP contribution in [-0.4, -0.2) is 30.5 Å². The predicted octanol–water partition coefficient (Wildman–Crippen LogP) is 1.69. The predicted molar refractivity (Wildman–Crippen MR) is 61.3 cm³/mol. The summed E-state index contributed by atoms with van der Waals surface area (Å²) in [6.45, 7) is 9.59. The fourth-order valence-electron chi connectivity index (χ4n) is 2.06. The molecule has 0 atom stereocenters. The van der Waals surface area contributed by atoms with Crippen LogP contribution in [0.1, 0.15) is 33.6 Å². The largest absolute Gasteiger partial charge is 0.370 e. The van der Waals surface area contributed by atoms with E-state index in [4.69, 9.17) is 5.73 Å². The molecule has 0 radical (unpaired) electrons. The fourth-order valence-corrected chi connectivity index (χ4v) is 2.06. The van der Waals surface area contributed by atoms with Gasteiger partial charge in [-0.3, -0.25) is 4.99 Å². The fraction of sp³-hybridized carbons (Fsp3) is 0.909. The molecule has 0 bridgehead atoms. The molecular formula is C11H23N3. The van der Waals surface area contributed by atoms with Crippen LogP contribution < -0.4 is 5.73 Å². The molecule has 1 heterocycles. The smallest absolute Gasteiger partial charge is 0.191 e. The van der Waals surface area contributed by atoms with Crippen molar-refractivity contribution in [3.63, 3.8) is 0 Å². The maximum Gasteiger partial charge on any atom is 0.191 e. The number of hydrogen-bond donors (Lipinski definition) is 1. The van der Waals surface area contributed by atoms with Crippen molar-refractivity contribution in [3.05, 3.63) is 0 Å². The van der Waals surface area contributed by atoms with Gasteiger partial charge in [0.1, 0.15) is 0 Å². The molecule has 1 rings (SSSR count). The lowest BCUT2D eigenvalue weighted by Crippen LogP contribution is -2.43. The van der Waals surface area contributed by atoms with E-state index in [-0.39, 0.29) is 0 Å². The Morgan fingerprint density at radius 3 is 2.43 bits per heavy atom. The quantitative estimate of drug-likeness (QED) is 0.540. The zero-order valence-corrected chi connectivity index (χ0v) is 9.66. The number of guanidine groups is 1. The first kappa shape index (κ1) is 11.3. The van der Waals surface area contributed by atoms with Crippen molar-refractivity contribution < 1.29 is 0 Å². The Morgan fingerprint density at radius 1 is 1.43 bits per heavy atom. The number of likely N-dealkylation sites (tertiary alicyclic amines) is 1. The van der Waals surface area contributed by atoms with Crippen LogP contribution in [0.15, 0.2) is 4.99 Å². The van der Waals surface area contributed by atoms with Crippen LogP contribution in [0.2, 0.25) is 0 Å². The molecule has 3 heteroatoms. The summed E-state index contributed by atoms with van der Waals surface area (Å²) in [7, 11) is 0. The number of hydrogen-bond acceptors (Lipinski definition) is 1. The average molecular weight is 197 g/mol. The Morgan fingerprint density at radius 2 is 2.00 bits per heavy atom. The zero-order valence-electron chi connectivity index (χ0n) is 9.66. The number of piperidine rings is 1. The third kappa shape index (κ3) is 2.89. The molecule has 0 unspecified atom stereocenters. The Kier molecular flexibility index (Phi) is 4.23. The molecule has 0 aromatic heterocycles. The minimum Gasteiger partial charge on any atom is -0.370 e. The van der Waals surface area contributed by atoms with Crippen LogP contribution >= 0.6 is 0 Å². The molecule has 82 valence electrons. The lowest BCUT2D eigenvalue weighted by Gasteiger charge is -2.34. The highest BCUT2D eigenvalue weighted by atomic mass is 15.2. The summed E-state index contributed by atoms with van der Waals surface area (Å²) in [5.41, 5.74) is 5.86. The maximum absolute atomic E-state index is 5.86. The van der Waals surface area contributed by atoms with Crippen LogP contribution in [0.25, 0.3) is 0 Å². The standard InChI is InChI=1S/C11H23N3/c1-4-13-11(12)14-7-5-10(6-8-14)9(2)3/h9-10H,4-8H2,1-3H3,(H2,12,13). The van der Waals surface area contributed by atoms with E-state index in [0.29, 0.717) is 0 Å². The first-order chi connectivity index (χ1) is 6.65. The van der Waals surface area contributed by atoms with Gasteiger partial charge in [0.15, 0.2) is 5.96 Å². The van der Waals surface area contributed by atoms with Gasteiger partial charge in [0.25, 0.3) is 0 Å². The Bertz CT molecular complexity index is 191. The first-order valence-corrected chi connectivity index (χ1v) is 5.70. The van der Waals surface area contributed by atoms with Crippen LogP contribution in [0.5, 0.6) is 0 Å². The molecule has 0 saturated carbocycles. The summed E-state index contributed by atoms with van der Waals surface area (Å²) in [5, 5.41) is 0. The van der Waals surface area contributed by atoms with E-state index in [2.05, 4.69) is 23.7 Å². The summed E-state index contributed by atoms with van der Waals surface area (Å²) in [6.07, 6.45) is 2.52. The summed E-state index contributed by atoms with van der Waals surface area (Å²) >= 11 is 0. The molecule has 1 aliphatic rings. The van der Waals surface area contributed by atoms with Gasteiger partial charge in [-0.2, -0.15) is 0 Å². The average Bonchev–Trinajstić information content (AvgIpc) is 2.18. The van der Waals surface area contributed by atoms with Crippen molar-refractivity contribution in [2.24, 2.45) is 22.6 Å². The van der Waals surface area contributed by atoms with Gasteiger partial charge in [-0.05, 0) is 31.6 Å². The first-order valence-electron chi connectivity index (χ1n) is 5.70. The summed E-state index contributed by atoms with van der Waals surface area (Å²) < 4.78 is 0. The van der Waals surface area contributed by atoms with E-state index in [1.807, 2.05) is 6.92 Å². The topological polar surface area (TPSA) is 41.6 Å². The minimum atomic E-state index is 0.731. The second-order valence-corrected chi connectivity index (χ2v) is 4.40. The van der Waals surface area contributed by atoms with Crippen LogP contribution in [0.3, 0.4) is 0 Å². The second kappa shape index (κ2) is 5.23. The van der Waals surface area contributed by atoms with E-state index in [0.717, 1.165) is 37.4 Å². The van der Waals surface area contributed by atoms with Crippen LogP contribution in [-0.2, 0) is 0 Å². The third-order valence-electron chi connectivity index (χ3n) is 3.13. The highest BCUT2D eigenvalue weighted by Crippen LogP contribution is 2.23. The molecule has 14 heavy (non-hydrogen) atoms. The van der Waals surface area contributed by atoms with E-state index < -0.39 is 0 Å². The molecular weight excluding hydrogens is 174 g/mol. The molecule has 1 fully saturated rings. The van der Waals surface area contributed by atoms with Gasteiger partial charge < -0.3 is 10.6 Å². The van der Waals surface area contributed by atoms with Gasteiger partial charge in [0.05, 0.1) is 0 Å². The number of aliphatic imine (C=N–C) groups is 1. The monoisotopic (exact) mass is 197 g/mol. The van der Waals surface area contributed by atoms with Crippen molar-refractivity contribution in [1.29, 1.82) is 0 Å². The molecule has 0 spiro atoms. The van der Waals surface area contributed by atoms with E-state index in [1.165, 1.54) is 12.8 Å². The number of nitrogens with zero attached hydrogens (tertiary/aromatic N) is 2. The third-order valence-corrected chi connectivity index (χ3v) is 3.13. The SMILES string of the molecule is CCN=C(N)N1CCC(C(C)C)CC1. The lowest BCUT2D eigenvalue weighted by atomic mass is 9.87. The zero-order chi connectivity index (χ0) is 10.6. The Hall–Kier alpha value is -0.730. The maximum atomic E-state index is 5.86. The van der Waals surface area contributed by atoms with Crippen molar-refractivity contribution in [3.8, 4) is 0 Å². The van der Waals surface area contributed by atoms with Gasteiger partial charge >= 0.3 is 0 Å². The second-order valence-electron chi connectivity index (χ2n) is 4.40. The van der Waals surface area contributed by atoms with Gasteiger partial charge in [0, 0.05) is 19.6 Å². The van der Waals surface area contributed by atoms with Gasteiger partial charge in [0.2, 0.25) is 0 Å². The Labute approximate surface area is 87.4 Å². The summed E-state index contributed by atoms with van der Waals surface area (Å²) in [4.78, 5) is 6.45. The molecule has 2 N–H and O–H groups in total. The lowest BCUT2D eigenvalue weighted by molar-refractivity contribution is 0.218. The number of nitrogens with two attached hydrogens (primary N) is 1. The minimum absolute atomic E-state index is 0.731. The van der Waals surface area contributed by atoms with E-state index in [1.54, 1.807) is 0 Å². The van der Waals surface area contributed by atoms with Crippen molar-refractivity contribution in [2.75, 3.05) is 19.6 Å².